The first-order valence-corrected chi connectivity index (χ1v) is 9.09. The fourth-order valence-corrected chi connectivity index (χ4v) is 3.67. The molecule has 0 fully saturated rings. The van der Waals surface area contributed by atoms with Crippen molar-refractivity contribution in [2.24, 2.45) is 0 Å². The molecule has 0 atom stereocenters. The number of pyridine rings is 1. The lowest BCUT2D eigenvalue weighted by molar-refractivity contribution is 0.103. The molecule has 3 rings (SSSR count). The van der Waals surface area contributed by atoms with Crippen LogP contribution in [-0.2, 0) is 6.42 Å². The van der Waals surface area contributed by atoms with E-state index in [9.17, 15) is 4.79 Å². The van der Waals surface area contributed by atoms with Gasteiger partial charge in [0.15, 0.2) is 0 Å². The second kappa shape index (κ2) is 7.61. The molecule has 0 radical (unpaired) electrons. The van der Waals surface area contributed by atoms with Crippen LogP contribution in [0.4, 0.5) is 11.4 Å². The Bertz CT molecular complexity index is 930. The van der Waals surface area contributed by atoms with Crippen molar-refractivity contribution in [1.29, 1.82) is 0 Å². The minimum atomic E-state index is -0.280. The normalized spacial score (nSPS) is 10.7. The van der Waals surface area contributed by atoms with E-state index in [-0.39, 0.29) is 5.91 Å². The van der Waals surface area contributed by atoms with Crippen molar-refractivity contribution in [2.45, 2.75) is 19.8 Å². The molecule has 0 bridgehead atoms. The van der Waals surface area contributed by atoms with Crippen LogP contribution in [0, 0.1) is 0 Å². The van der Waals surface area contributed by atoms with E-state index in [0.29, 0.717) is 27.8 Å². The molecule has 0 unspecified atom stereocenters. The number of amides is 1. The summed E-state index contributed by atoms with van der Waals surface area (Å²) in [6, 6.07) is 9.08. The van der Waals surface area contributed by atoms with Crippen molar-refractivity contribution in [1.82, 2.24) is 4.98 Å². The molecule has 3 aromatic rings. The van der Waals surface area contributed by atoms with Gasteiger partial charge in [0.1, 0.15) is 21.2 Å². The Labute approximate surface area is 155 Å². The van der Waals surface area contributed by atoms with E-state index in [1.165, 1.54) is 11.3 Å². The number of aryl methyl sites for hydroxylation is 1. The Hall–Kier alpha value is -2.80. The van der Waals surface area contributed by atoms with Gasteiger partial charge in [0.25, 0.3) is 5.91 Å². The second-order valence-corrected chi connectivity index (χ2v) is 6.80. The number of nitrogens with zero attached hydrogens (tertiary/aromatic N) is 1. The molecule has 2 aromatic heterocycles. The number of fused-ring (bicyclic) bond motifs is 1. The molecule has 2 heterocycles. The summed E-state index contributed by atoms with van der Waals surface area (Å²) < 4.78 is 10.5. The smallest absolute Gasteiger partial charge is 0.267 e. The largest absolute Gasteiger partial charge is 0.497 e. The lowest BCUT2D eigenvalue weighted by atomic mass is 10.2. The van der Waals surface area contributed by atoms with Gasteiger partial charge in [0.05, 0.1) is 19.9 Å². The van der Waals surface area contributed by atoms with Crippen LogP contribution in [0.15, 0.2) is 30.3 Å². The molecule has 0 aliphatic carbocycles. The van der Waals surface area contributed by atoms with E-state index in [1.807, 2.05) is 12.1 Å². The Morgan fingerprint density at radius 3 is 2.50 bits per heavy atom. The first-order valence-electron chi connectivity index (χ1n) is 8.28. The summed E-state index contributed by atoms with van der Waals surface area (Å²) in [7, 11) is 3.12. The Balaban J connectivity index is 1.91. The quantitative estimate of drug-likeness (QED) is 0.681. The highest BCUT2D eigenvalue weighted by molar-refractivity contribution is 7.21. The molecule has 1 amide bonds. The average Bonchev–Trinajstić information content (AvgIpc) is 2.98. The highest BCUT2D eigenvalue weighted by Gasteiger charge is 2.18. The number of nitrogens with one attached hydrogen (secondary N) is 1. The van der Waals surface area contributed by atoms with Crippen LogP contribution in [-0.4, -0.2) is 25.1 Å². The van der Waals surface area contributed by atoms with E-state index in [2.05, 4.69) is 17.2 Å². The maximum absolute atomic E-state index is 12.7. The number of hydrogen-bond donors (Lipinski definition) is 2. The minimum Gasteiger partial charge on any atom is -0.497 e. The molecule has 0 spiro atoms. The van der Waals surface area contributed by atoms with Gasteiger partial charge in [-0.1, -0.05) is 13.3 Å². The Morgan fingerprint density at radius 2 is 1.88 bits per heavy atom. The Kier molecular flexibility index (Phi) is 5.27. The van der Waals surface area contributed by atoms with Gasteiger partial charge < -0.3 is 20.5 Å². The summed E-state index contributed by atoms with van der Waals surface area (Å²) in [6.45, 7) is 2.11. The van der Waals surface area contributed by atoms with Crippen molar-refractivity contribution in [3.05, 3.63) is 40.9 Å². The molecular formula is C19H21N3O3S. The third-order valence-corrected chi connectivity index (χ3v) is 5.09. The fraction of sp³-hybridized carbons (Fsp3) is 0.263. The van der Waals surface area contributed by atoms with E-state index in [0.717, 1.165) is 28.8 Å². The highest BCUT2D eigenvalue weighted by Crippen LogP contribution is 2.34. The van der Waals surface area contributed by atoms with Gasteiger partial charge >= 0.3 is 0 Å². The van der Waals surface area contributed by atoms with Gasteiger partial charge in [-0.25, -0.2) is 4.98 Å². The Morgan fingerprint density at radius 1 is 1.19 bits per heavy atom. The maximum atomic E-state index is 12.7. The average molecular weight is 371 g/mol. The SMILES string of the molecule is CCCc1ccc2c(N)c(C(=O)Nc3cc(OC)cc(OC)c3)sc2n1. The summed E-state index contributed by atoms with van der Waals surface area (Å²) in [4.78, 5) is 18.6. The van der Waals surface area contributed by atoms with E-state index in [1.54, 1.807) is 32.4 Å². The zero-order valence-electron chi connectivity index (χ0n) is 15.0. The number of carbonyl (C=O) groups is 1. The number of benzene rings is 1. The van der Waals surface area contributed by atoms with Gasteiger partial charge in [0, 0.05) is 35.0 Å². The van der Waals surface area contributed by atoms with E-state index >= 15 is 0 Å². The summed E-state index contributed by atoms with van der Waals surface area (Å²) in [6.07, 6.45) is 1.92. The van der Waals surface area contributed by atoms with Crippen molar-refractivity contribution in [3.63, 3.8) is 0 Å². The standard InChI is InChI=1S/C19H21N3O3S/c1-4-5-11-6-7-15-16(20)17(26-19(15)22-11)18(23)21-12-8-13(24-2)10-14(9-12)25-3/h6-10H,4-5,20H2,1-3H3,(H,21,23). The number of nitrogen functional groups attached to an aromatic ring is 1. The van der Waals surface area contributed by atoms with Gasteiger partial charge in [-0.3, -0.25) is 4.79 Å². The number of anilines is 2. The molecule has 3 N–H and O–H groups in total. The predicted molar refractivity (Wildman–Crippen MR) is 106 cm³/mol. The van der Waals surface area contributed by atoms with Crippen LogP contribution in [0.25, 0.3) is 10.2 Å². The predicted octanol–water partition coefficient (Wildman–Crippen LogP) is 4.10. The number of rotatable bonds is 6. The van der Waals surface area contributed by atoms with E-state index < -0.39 is 0 Å². The molecule has 6 nitrogen and oxygen atoms in total. The van der Waals surface area contributed by atoms with Crippen LogP contribution in [0.3, 0.4) is 0 Å². The lowest BCUT2D eigenvalue weighted by Gasteiger charge is -2.09. The van der Waals surface area contributed by atoms with Crippen LogP contribution in [0.1, 0.15) is 28.7 Å². The van der Waals surface area contributed by atoms with Gasteiger partial charge in [-0.05, 0) is 18.6 Å². The van der Waals surface area contributed by atoms with E-state index in [4.69, 9.17) is 15.2 Å². The molecule has 1 aromatic carbocycles. The number of hydrogen-bond acceptors (Lipinski definition) is 6. The van der Waals surface area contributed by atoms with Crippen molar-refractivity contribution in [2.75, 3.05) is 25.3 Å². The van der Waals surface area contributed by atoms with Crippen LogP contribution in [0.5, 0.6) is 11.5 Å². The number of carbonyl (C=O) groups excluding carboxylic acids is 1. The molecule has 136 valence electrons. The molecule has 0 saturated carbocycles. The molecule has 7 heteroatoms. The van der Waals surface area contributed by atoms with Crippen molar-refractivity contribution >= 4 is 38.8 Å². The maximum Gasteiger partial charge on any atom is 0.267 e. The zero-order chi connectivity index (χ0) is 18.7. The fourth-order valence-electron chi connectivity index (χ4n) is 2.67. The number of methoxy groups -OCH3 is 2. The van der Waals surface area contributed by atoms with Crippen molar-refractivity contribution < 1.29 is 14.3 Å². The number of ether oxygens (including phenoxy) is 2. The molecule has 0 aliphatic heterocycles. The third-order valence-electron chi connectivity index (χ3n) is 3.97. The minimum absolute atomic E-state index is 0.280. The topological polar surface area (TPSA) is 86.5 Å². The second-order valence-electron chi connectivity index (χ2n) is 5.81. The molecule has 0 saturated heterocycles. The first-order chi connectivity index (χ1) is 12.5. The zero-order valence-corrected chi connectivity index (χ0v) is 15.8. The van der Waals surface area contributed by atoms with Crippen LogP contribution in [0.2, 0.25) is 0 Å². The van der Waals surface area contributed by atoms with Gasteiger partial charge in [-0.2, -0.15) is 0 Å². The van der Waals surface area contributed by atoms with Crippen LogP contribution < -0.4 is 20.5 Å². The number of nitrogens with two attached hydrogens (primary N) is 1. The third kappa shape index (κ3) is 3.57. The summed E-state index contributed by atoms with van der Waals surface area (Å²) in [5.74, 6) is 0.905. The molecule has 0 aliphatic rings. The molecular weight excluding hydrogens is 350 g/mol. The summed E-state index contributed by atoms with van der Waals surface area (Å²) >= 11 is 1.30. The van der Waals surface area contributed by atoms with Crippen molar-refractivity contribution in [3.8, 4) is 11.5 Å². The first kappa shape index (κ1) is 18.0. The lowest BCUT2D eigenvalue weighted by Crippen LogP contribution is -2.12. The van der Waals surface area contributed by atoms with Gasteiger partial charge in [-0.15, -0.1) is 11.3 Å². The summed E-state index contributed by atoms with van der Waals surface area (Å²) in [5, 5.41) is 3.66. The van der Waals surface area contributed by atoms with Gasteiger partial charge in [0.2, 0.25) is 0 Å². The highest BCUT2D eigenvalue weighted by atomic mass is 32.1. The number of thiophene rings is 1. The molecule has 26 heavy (non-hydrogen) atoms. The monoisotopic (exact) mass is 371 g/mol. The summed E-state index contributed by atoms with van der Waals surface area (Å²) in [5.41, 5.74) is 8.22. The van der Waals surface area contributed by atoms with Crippen LogP contribution >= 0.6 is 11.3 Å². The number of aromatic nitrogens is 1.